The number of carbonyl (C=O) groups excluding carboxylic acids is 2. The predicted molar refractivity (Wildman–Crippen MR) is 89.0 cm³/mol. The summed E-state index contributed by atoms with van der Waals surface area (Å²) < 4.78 is 0. The Bertz CT molecular complexity index is 540. The minimum Gasteiger partial charge on any atom is -0.393 e. The van der Waals surface area contributed by atoms with Gasteiger partial charge in [-0.15, -0.1) is 0 Å². The molecule has 0 bridgehead atoms. The van der Waals surface area contributed by atoms with Gasteiger partial charge in [0.1, 0.15) is 6.04 Å². The molecule has 0 unspecified atom stereocenters. The standard InChI is InChI=1S/C18H26N2O3/c1-4-12(2)16(18(23)20(3)14-10-15(21)11-14)19-17(22)13-8-6-5-7-9-13/h5-9,12,14-16,21H,4,10-11H2,1-3H3,(H,19,22)/t12-,14?,15?,16-/m1/s1. The van der Waals surface area contributed by atoms with Crippen LogP contribution in [0.25, 0.3) is 0 Å². The summed E-state index contributed by atoms with van der Waals surface area (Å²) >= 11 is 0. The fourth-order valence-corrected chi connectivity index (χ4v) is 2.77. The number of carbonyl (C=O) groups is 2. The second-order valence-electron chi connectivity index (χ2n) is 6.43. The number of likely N-dealkylation sites (N-methyl/N-ethyl adjacent to an activating group) is 1. The lowest BCUT2D eigenvalue weighted by Crippen LogP contribution is -2.56. The van der Waals surface area contributed by atoms with E-state index >= 15 is 0 Å². The van der Waals surface area contributed by atoms with Crippen molar-refractivity contribution in [3.05, 3.63) is 35.9 Å². The molecule has 1 aliphatic carbocycles. The average molecular weight is 318 g/mol. The number of benzene rings is 1. The zero-order valence-corrected chi connectivity index (χ0v) is 14.0. The van der Waals surface area contributed by atoms with Crippen molar-refractivity contribution in [2.75, 3.05) is 7.05 Å². The highest BCUT2D eigenvalue weighted by Crippen LogP contribution is 2.26. The van der Waals surface area contributed by atoms with Crippen LogP contribution < -0.4 is 5.32 Å². The monoisotopic (exact) mass is 318 g/mol. The van der Waals surface area contributed by atoms with Gasteiger partial charge in [0, 0.05) is 18.7 Å². The molecule has 5 heteroatoms. The van der Waals surface area contributed by atoms with Crippen LogP contribution in [-0.2, 0) is 4.79 Å². The molecule has 2 atom stereocenters. The van der Waals surface area contributed by atoms with Crippen molar-refractivity contribution >= 4 is 11.8 Å². The summed E-state index contributed by atoms with van der Waals surface area (Å²) in [5, 5.41) is 12.3. The highest BCUT2D eigenvalue weighted by molar-refractivity contribution is 5.97. The zero-order valence-electron chi connectivity index (χ0n) is 14.0. The van der Waals surface area contributed by atoms with E-state index in [2.05, 4.69) is 5.32 Å². The number of nitrogens with one attached hydrogen (secondary N) is 1. The van der Waals surface area contributed by atoms with Crippen LogP contribution in [0.2, 0.25) is 0 Å². The van der Waals surface area contributed by atoms with Crippen LogP contribution in [0.4, 0.5) is 0 Å². The minimum atomic E-state index is -0.546. The first-order valence-electron chi connectivity index (χ1n) is 8.24. The quantitative estimate of drug-likeness (QED) is 0.840. The van der Waals surface area contributed by atoms with Gasteiger partial charge in [0.2, 0.25) is 5.91 Å². The third kappa shape index (κ3) is 4.10. The number of aliphatic hydroxyl groups is 1. The van der Waals surface area contributed by atoms with Crippen molar-refractivity contribution < 1.29 is 14.7 Å². The second kappa shape index (κ2) is 7.59. The number of amides is 2. The molecule has 2 amide bonds. The van der Waals surface area contributed by atoms with Crippen LogP contribution in [-0.4, -0.2) is 47.1 Å². The molecule has 0 saturated heterocycles. The van der Waals surface area contributed by atoms with Gasteiger partial charge in [-0.1, -0.05) is 38.5 Å². The second-order valence-corrected chi connectivity index (χ2v) is 6.43. The van der Waals surface area contributed by atoms with Crippen molar-refractivity contribution in [1.82, 2.24) is 10.2 Å². The van der Waals surface area contributed by atoms with E-state index in [1.165, 1.54) is 0 Å². The molecule has 0 aliphatic heterocycles. The number of rotatable bonds is 6. The molecule has 0 aromatic heterocycles. The molecule has 126 valence electrons. The van der Waals surface area contributed by atoms with Gasteiger partial charge in [-0.25, -0.2) is 0 Å². The number of nitrogens with zero attached hydrogens (tertiary/aromatic N) is 1. The van der Waals surface area contributed by atoms with E-state index in [1.807, 2.05) is 19.9 Å². The summed E-state index contributed by atoms with van der Waals surface area (Å²) in [4.78, 5) is 26.8. The van der Waals surface area contributed by atoms with E-state index in [-0.39, 0.29) is 29.9 Å². The Morgan fingerprint density at radius 1 is 1.30 bits per heavy atom. The first kappa shape index (κ1) is 17.5. The molecule has 1 aromatic carbocycles. The summed E-state index contributed by atoms with van der Waals surface area (Å²) in [6.45, 7) is 3.98. The highest BCUT2D eigenvalue weighted by atomic mass is 16.3. The van der Waals surface area contributed by atoms with Gasteiger partial charge in [-0.05, 0) is 30.9 Å². The lowest BCUT2D eigenvalue weighted by atomic mass is 9.87. The molecule has 23 heavy (non-hydrogen) atoms. The first-order chi connectivity index (χ1) is 10.9. The van der Waals surface area contributed by atoms with Crippen LogP contribution in [0.3, 0.4) is 0 Å². The lowest BCUT2D eigenvalue weighted by molar-refractivity contribution is -0.139. The molecule has 1 fully saturated rings. The van der Waals surface area contributed by atoms with Crippen LogP contribution in [0.15, 0.2) is 30.3 Å². The maximum atomic E-state index is 12.8. The predicted octanol–water partition coefficient (Wildman–Crippen LogP) is 1.81. The van der Waals surface area contributed by atoms with Crippen LogP contribution in [0.5, 0.6) is 0 Å². The number of aliphatic hydroxyl groups excluding tert-OH is 1. The van der Waals surface area contributed by atoms with Crippen molar-refractivity contribution in [3.63, 3.8) is 0 Å². The largest absolute Gasteiger partial charge is 0.393 e. The fourth-order valence-electron chi connectivity index (χ4n) is 2.77. The lowest BCUT2D eigenvalue weighted by Gasteiger charge is -2.40. The van der Waals surface area contributed by atoms with Gasteiger partial charge in [0.05, 0.1) is 6.10 Å². The maximum absolute atomic E-state index is 12.8. The van der Waals surface area contributed by atoms with E-state index in [4.69, 9.17) is 0 Å². The SMILES string of the molecule is CC[C@@H](C)[C@@H](NC(=O)c1ccccc1)C(=O)N(C)C1CC(O)C1. The molecule has 0 heterocycles. The molecule has 1 aromatic rings. The maximum Gasteiger partial charge on any atom is 0.251 e. The van der Waals surface area contributed by atoms with Crippen LogP contribution >= 0.6 is 0 Å². The summed E-state index contributed by atoms with van der Waals surface area (Å²) in [5.41, 5.74) is 0.551. The Balaban J connectivity index is 2.07. The van der Waals surface area contributed by atoms with E-state index in [0.29, 0.717) is 18.4 Å². The van der Waals surface area contributed by atoms with E-state index < -0.39 is 6.04 Å². The summed E-state index contributed by atoms with van der Waals surface area (Å²) in [7, 11) is 1.75. The number of hydrogen-bond donors (Lipinski definition) is 2. The Labute approximate surface area is 137 Å². The van der Waals surface area contributed by atoms with Gasteiger partial charge < -0.3 is 15.3 Å². The van der Waals surface area contributed by atoms with E-state index in [0.717, 1.165) is 6.42 Å². The molecule has 2 N–H and O–H groups in total. The topological polar surface area (TPSA) is 69.6 Å². The van der Waals surface area contributed by atoms with Crippen molar-refractivity contribution in [1.29, 1.82) is 0 Å². The summed E-state index contributed by atoms with van der Waals surface area (Å²) in [6, 6.07) is 8.45. The molecular formula is C18H26N2O3. The van der Waals surface area contributed by atoms with E-state index in [9.17, 15) is 14.7 Å². The van der Waals surface area contributed by atoms with Crippen LogP contribution in [0, 0.1) is 5.92 Å². The molecule has 0 radical (unpaired) electrons. The molecule has 1 aliphatic rings. The van der Waals surface area contributed by atoms with Crippen molar-refractivity contribution in [2.45, 2.75) is 51.3 Å². The van der Waals surface area contributed by atoms with Gasteiger partial charge in [0.25, 0.3) is 5.91 Å². The third-order valence-corrected chi connectivity index (χ3v) is 4.79. The fraction of sp³-hybridized carbons (Fsp3) is 0.556. The van der Waals surface area contributed by atoms with E-state index in [1.54, 1.807) is 36.2 Å². The Morgan fingerprint density at radius 2 is 1.91 bits per heavy atom. The van der Waals surface area contributed by atoms with Crippen molar-refractivity contribution in [2.24, 2.45) is 5.92 Å². The van der Waals surface area contributed by atoms with Gasteiger partial charge >= 0.3 is 0 Å². The molecule has 0 spiro atoms. The Hall–Kier alpha value is -1.88. The van der Waals surface area contributed by atoms with Crippen molar-refractivity contribution in [3.8, 4) is 0 Å². The smallest absolute Gasteiger partial charge is 0.251 e. The van der Waals surface area contributed by atoms with Gasteiger partial charge in [-0.2, -0.15) is 0 Å². The summed E-state index contributed by atoms with van der Waals surface area (Å²) in [5.74, 6) is -0.269. The molecule has 5 nitrogen and oxygen atoms in total. The molecular weight excluding hydrogens is 292 g/mol. The van der Waals surface area contributed by atoms with Crippen LogP contribution in [0.1, 0.15) is 43.5 Å². The minimum absolute atomic E-state index is 0.0441. The Kier molecular flexibility index (Phi) is 5.77. The van der Waals surface area contributed by atoms with Gasteiger partial charge in [0.15, 0.2) is 0 Å². The molecule has 2 rings (SSSR count). The average Bonchev–Trinajstić information content (AvgIpc) is 2.55. The third-order valence-electron chi connectivity index (χ3n) is 4.79. The normalized spacial score (nSPS) is 22.6. The molecule has 1 saturated carbocycles. The van der Waals surface area contributed by atoms with Gasteiger partial charge in [-0.3, -0.25) is 9.59 Å². The summed E-state index contributed by atoms with van der Waals surface area (Å²) in [6.07, 6.45) is 1.72. The Morgan fingerprint density at radius 3 is 2.43 bits per heavy atom. The zero-order chi connectivity index (χ0) is 17.0. The number of hydrogen-bond acceptors (Lipinski definition) is 3. The first-order valence-corrected chi connectivity index (χ1v) is 8.24. The highest BCUT2D eigenvalue weighted by Gasteiger charge is 2.37.